The molecule has 1 unspecified atom stereocenters. The van der Waals surface area contributed by atoms with Gasteiger partial charge in [-0.05, 0) is 57.3 Å². The van der Waals surface area contributed by atoms with Crippen LogP contribution in [0, 0.1) is 12.8 Å². The molecule has 0 spiro atoms. The molecule has 23 heavy (non-hydrogen) atoms. The molecule has 0 aliphatic carbocycles. The lowest BCUT2D eigenvalue weighted by Gasteiger charge is -2.29. The highest BCUT2D eigenvalue weighted by Crippen LogP contribution is 2.15. The van der Waals surface area contributed by atoms with Gasteiger partial charge in [-0.15, -0.1) is 0 Å². The summed E-state index contributed by atoms with van der Waals surface area (Å²) in [5.74, 6) is 2.15. The fraction of sp³-hybridized carbons (Fsp3) is 0.632. The van der Waals surface area contributed by atoms with E-state index < -0.39 is 0 Å². The number of nitrogens with one attached hydrogen (secondary N) is 2. The van der Waals surface area contributed by atoms with Crippen molar-refractivity contribution >= 4 is 5.96 Å². The van der Waals surface area contributed by atoms with E-state index in [0.29, 0.717) is 5.92 Å². The number of piperidine rings is 1. The summed E-state index contributed by atoms with van der Waals surface area (Å²) in [5.41, 5.74) is 2.68. The third-order valence-corrected chi connectivity index (χ3v) is 4.84. The van der Waals surface area contributed by atoms with Crippen LogP contribution in [-0.4, -0.2) is 51.1 Å². The van der Waals surface area contributed by atoms with Gasteiger partial charge in [0.15, 0.2) is 5.96 Å². The molecule has 1 aliphatic rings. The van der Waals surface area contributed by atoms with Crippen LogP contribution in [-0.2, 0) is 0 Å². The van der Waals surface area contributed by atoms with E-state index in [1.54, 1.807) is 0 Å². The van der Waals surface area contributed by atoms with Crippen molar-refractivity contribution < 1.29 is 0 Å². The van der Waals surface area contributed by atoms with E-state index in [4.69, 9.17) is 0 Å². The van der Waals surface area contributed by atoms with E-state index in [9.17, 15) is 0 Å². The molecule has 0 aromatic heterocycles. The van der Waals surface area contributed by atoms with Crippen LogP contribution in [0.3, 0.4) is 0 Å². The van der Waals surface area contributed by atoms with Gasteiger partial charge < -0.3 is 15.5 Å². The molecule has 1 aromatic carbocycles. The molecule has 4 nitrogen and oxygen atoms in total. The second-order valence-corrected chi connectivity index (χ2v) is 6.89. The molecule has 1 fully saturated rings. The Kier molecular flexibility index (Phi) is 6.90. The lowest BCUT2D eigenvalue weighted by atomic mass is 9.97. The average Bonchev–Trinajstić information content (AvgIpc) is 2.57. The Labute approximate surface area is 141 Å². The molecule has 0 radical (unpaired) electrons. The molecular weight excluding hydrogens is 284 g/mol. The SMILES string of the molecule is CN=C(NCC1CCN(C)CC1)NCC(C)c1ccc(C)cc1. The van der Waals surface area contributed by atoms with Gasteiger partial charge in [-0.1, -0.05) is 36.8 Å². The van der Waals surface area contributed by atoms with Crippen molar-refractivity contribution in [2.24, 2.45) is 10.9 Å². The molecule has 0 saturated carbocycles. The van der Waals surface area contributed by atoms with E-state index in [1.807, 2.05) is 7.05 Å². The van der Waals surface area contributed by atoms with Crippen molar-refractivity contribution in [1.82, 2.24) is 15.5 Å². The molecule has 1 aromatic rings. The summed E-state index contributed by atoms with van der Waals surface area (Å²) in [4.78, 5) is 6.76. The molecule has 1 saturated heterocycles. The van der Waals surface area contributed by atoms with Crippen LogP contribution in [0.15, 0.2) is 29.3 Å². The molecular formula is C19H32N4. The first-order valence-electron chi connectivity index (χ1n) is 8.78. The van der Waals surface area contributed by atoms with Gasteiger partial charge in [0.2, 0.25) is 0 Å². The first-order chi connectivity index (χ1) is 11.1. The molecule has 2 N–H and O–H groups in total. The highest BCUT2D eigenvalue weighted by Gasteiger charge is 2.16. The smallest absolute Gasteiger partial charge is 0.191 e. The minimum Gasteiger partial charge on any atom is -0.356 e. The molecule has 1 heterocycles. The van der Waals surface area contributed by atoms with Gasteiger partial charge in [0.05, 0.1) is 0 Å². The van der Waals surface area contributed by atoms with Gasteiger partial charge >= 0.3 is 0 Å². The summed E-state index contributed by atoms with van der Waals surface area (Å²) in [5, 5.41) is 6.95. The summed E-state index contributed by atoms with van der Waals surface area (Å²) in [7, 11) is 4.05. The monoisotopic (exact) mass is 316 g/mol. The molecule has 0 bridgehead atoms. The lowest BCUT2D eigenvalue weighted by Crippen LogP contribution is -2.43. The first-order valence-corrected chi connectivity index (χ1v) is 8.78. The summed E-state index contributed by atoms with van der Waals surface area (Å²) in [6.45, 7) is 8.72. The normalized spacial score (nSPS) is 18.7. The Hall–Kier alpha value is -1.55. The summed E-state index contributed by atoms with van der Waals surface area (Å²) in [6.07, 6.45) is 2.56. The third kappa shape index (κ3) is 5.87. The van der Waals surface area contributed by atoms with E-state index >= 15 is 0 Å². The molecule has 2 rings (SSSR count). The van der Waals surface area contributed by atoms with Crippen molar-refractivity contribution in [1.29, 1.82) is 0 Å². The zero-order valence-corrected chi connectivity index (χ0v) is 15.1. The van der Waals surface area contributed by atoms with Crippen LogP contribution in [0.4, 0.5) is 0 Å². The highest BCUT2D eigenvalue weighted by atomic mass is 15.2. The van der Waals surface area contributed by atoms with Crippen LogP contribution in [0.25, 0.3) is 0 Å². The van der Waals surface area contributed by atoms with Gasteiger partial charge in [-0.25, -0.2) is 0 Å². The number of hydrogen-bond donors (Lipinski definition) is 2. The molecule has 128 valence electrons. The molecule has 1 aliphatic heterocycles. The van der Waals surface area contributed by atoms with Crippen LogP contribution >= 0.6 is 0 Å². The Morgan fingerprint density at radius 3 is 2.48 bits per heavy atom. The topological polar surface area (TPSA) is 39.7 Å². The predicted octanol–water partition coefficient (Wildman–Crippen LogP) is 2.61. The number of nitrogens with zero attached hydrogens (tertiary/aromatic N) is 2. The minimum absolute atomic E-state index is 0.470. The second kappa shape index (κ2) is 8.92. The van der Waals surface area contributed by atoms with E-state index in [-0.39, 0.29) is 0 Å². The molecule has 0 amide bonds. The Bertz CT molecular complexity index is 487. The zero-order valence-electron chi connectivity index (χ0n) is 15.1. The lowest BCUT2D eigenvalue weighted by molar-refractivity contribution is 0.220. The first kappa shape index (κ1) is 17.8. The fourth-order valence-electron chi connectivity index (χ4n) is 2.99. The van der Waals surface area contributed by atoms with Gasteiger partial charge in [0.1, 0.15) is 0 Å². The second-order valence-electron chi connectivity index (χ2n) is 6.89. The van der Waals surface area contributed by atoms with Crippen LogP contribution < -0.4 is 10.6 Å². The number of aliphatic imine (C=N–C) groups is 1. The Morgan fingerprint density at radius 1 is 1.22 bits per heavy atom. The van der Waals surface area contributed by atoms with Crippen LogP contribution in [0.2, 0.25) is 0 Å². The standard InChI is InChI=1S/C19H32N4/c1-15-5-7-18(8-6-15)16(2)13-21-19(20-3)22-14-17-9-11-23(4)12-10-17/h5-8,16-17H,9-14H2,1-4H3,(H2,20,21,22). The van der Waals surface area contributed by atoms with Gasteiger partial charge in [-0.2, -0.15) is 0 Å². The van der Waals surface area contributed by atoms with Crippen LogP contribution in [0.5, 0.6) is 0 Å². The maximum Gasteiger partial charge on any atom is 0.191 e. The summed E-state index contributed by atoms with van der Waals surface area (Å²) < 4.78 is 0. The third-order valence-electron chi connectivity index (χ3n) is 4.84. The van der Waals surface area contributed by atoms with Gasteiger partial charge in [-0.3, -0.25) is 4.99 Å². The van der Waals surface area contributed by atoms with Crippen molar-refractivity contribution in [2.75, 3.05) is 40.3 Å². The van der Waals surface area contributed by atoms with Gasteiger partial charge in [0.25, 0.3) is 0 Å². The van der Waals surface area contributed by atoms with Crippen molar-refractivity contribution in [3.8, 4) is 0 Å². The predicted molar refractivity (Wildman–Crippen MR) is 99.2 cm³/mol. The zero-order chi connectivity index (χ0) is 16.7. The fourth-order valence-corrected chi connectivity index (χ4v) is 2.99. The number of rotatable bonds is 5. The van der Waals surface area contributed by atoms with E-state index in [1.165, 1.54) is 37.1 Å². The van der Waals surface area contributed by atoms with Gasteiger partial charge in [0, 0.05) is 20.1 Å². The maximum atomic E-state index is 4.35. The van der Waals surface area contributed by atoms with Crippen molar-refractivity contribution in [3.05, 3.63) is 35.4 Å². The number of benzene rings is 1. The van der Waals surface area contributed by atoms with Crippen LogP contribution in [0.1, 0.15) is 36.8 Å². The highest BCUT2D eigenvalue weighted by molar-refractivity contribution is 5.79. The molecule has 4 heteroatoms. The average molecular weight is 316 g/mol. The van der Waals surface area contributed by atoms with E-state index in [0.717, 1.165) is 25.0 Å². The Morgan fingerprint density at radius 2 is 1.87 bits per heavy atom. The number of likely N-dealkylation sites (tertiary alicyclic amines) is 1. The summed E-state index contributed by atoms with van der Waals surface area (Å²) >= 11 is 0. The van der Waals surface area contributed by atoms with E-state index in [2.05, 4.69) is 65.7 Å². The van der Waals surface area contributed by atoms with Crippen molar-refractivity contribution in [3.63, 3.8) is 0 Å². The molecule has 1 atom stereocenters. The minimum atomic E-state index is 0.470. The largest absolute Gasteiger partial charge is 0.356 e. The Balaban J connectivity index is 1.73. The maximum absolute atomic E-state index is 4.35. The van der Waals surface area contributed by atoms with Crippen molar-refractivity contribution in [2.45, 2.75) is 32.6 Å². The quantitative estimate of drug-likeness (QED) is 0.648. The number of hydrogen-bond acceptors (Lipinski definition) is 2. The number of aryl methyl sites for hydroxylation is 1. The number of guanidine groups is 1. The summed E-state index contributed by atoms with van der Waals surface area (Å²) in [6, 6.07) is 8.80.